The first-order valence-corrected chi connectivity index (χ1v) is 22.8. The van der Waals surface area contributed by atoms with Gasteiger partial charge in [0.25, 0.3) is 11.8 Å². The quantitative estimate of drug-likeness (QED) is 0.251. The molecule has 2 N–H and O–H groups in total. The van der Waals surface area contributed by atoms with Gasteiger partial charge in [-0.3, -0.25) is 34.3 Å². The number of aryl methyl sites for hydroxylation is 2. The first-order chi connectivity index (χ1) is 31.7. The summed E-state index contributed by atoms with van der Waals surface area (Å²) in [7, 11) is 1.82. The first-order valence-electron chi connectivity index (χ1n) is 22.8. The molecule has 5 amide bonds. The van der Waals surface area contributed by atoms with E-state index >= 15 is 8.78 Å². The van der Waals surface area contributed by atoms with E-state index in [-0.39, 0.29) is 47.5 Å². The smallest absolute Gasteiger partial charge is 0.280 e. The lowest BCUT2D eigenvalue weighted by molar-refractivity contribution is -0.150. The van der Waals surface area contributed by atoms with Crippen LogP contribution in [0.5, 0.6) is 5.88 Å². The van der Waals surface area contributed by atoms with Crippen LogP contribution < -0.4 is 25.2 Å². The number of halogens is 2. The number of nitrogens with one attached hydrogen (secondary N) is 2. The average molecular weight is 903 g/mol. The highest BCUT2D eigenvalue weighted by Gasteiger charge is 2.49. The number of rotatable bonds is 4. The molecule has 6 aliphatic heterocycles. The standard InChI is InChI=1S/C48H52F2N10O6/c1-27-5-4-16-66-46-34(22-51-56(46)3)38-18-31(17-28(2)52-38)42(62)55-47-53-37-8-6-29(19-39(37)60(47)23-27)44(64)57-14-11-48(12-15-57)25-59(26-48)45(65)30-10-13-58(24-30)32-20-35(49)41(36(50)21-32)33-7-9-40(61)54-43(33)63/h6,8,17-22,27,30,33H,4-5,7,9-16,23-26H2,1-3H3,(H,53,55,62)(H,54,61,63)/t27-,30-,33-/m1/s1. The third-order valence-electron chi connectivity index (χ3n) is 14.2. The second-order valence-electron chi connectivity index (χ2n) is 18.9. The Labute approximate surface area is 380 Å². The number of imide groups is 1. The zero-order valence-electron chi connectivity index (χ0n) is 37.2. The van der Waals surface area contributed by atoms with Gasteiger partial charge in [-0.15, -0.1) is 0 Å². The third kappa shape index (κ3) is 8.03. The SMILES string of the molecule is Cc1cc2cc(n1)-c1cnn(C)c1OCCC[C@@H](C)CN1/C(=N/C2=O)Nc2ccc(C(=O)N3CCC4(CC3)CN(C(=O)[C@@H]3CCN(c5cc(F)c([C@H]6CCC(=O)NC6=O)c(F)c5)C3)C4)cc21. The molecule has 0 saturated carbocycles. The number of anilines is 3. The zero-order chi connectivity index (χ0) is 46.0. The topological polar surface area (TPSA) is 175 Å². The maximum Gasteiger partial charge on any atom is 0.280 e. The molecule has 0 aliphatic carbocycles. The van der Waals surface area contributed by atoms with Gasteiger partial charge in [0.1, 0.15) is 11.6 Å². The van der Waals surface area contributed by atoms with Crippen molar-refractivity contribution in [1.82, 2.24) is 29.9 Å². The molecule has 18 heteroatoms. The van der Waals surface area contributed by atoms with Crippen LogP contribution in [0.2, 0.25) is 0 Å². The third-order valence-corrected chi connectivity index (χ3v) is 14.2. The van der Waals surface area contributed by atoms with Crippen LogP contribution in [0.15, 0.2) is 53.7 Å². The molecule has 8 heterocycles. The van der Waals surface area contributed by atoms with Gasteiger partial charge in [-0.1, -0.05) is 6.92 Å². The van der Waals surface area contributed by atoms with Crippen molar-refractivity contribution in [2.24, 2.45) is 29.3 Å². The number of aromatic nitrogens is 3. The zero-order valence-corrected chi connectivity index (χ0v) is 37.2. The molecule has 16 nitrogen and oxygen atoms in total. The number of likely N-dealkylation sites (tertiary alicyclic amines) is 2. The van der Waals surface area contributed by atoms with Crippen molar-refractivity contribution in [3.05, 3.63) is 82.7 Å². The normalized spacial score (nSPS) is 23.6. The molecule has 3 atom stereocenters. The van der Waals surface area contributed by atoms with Crippen LogP contribution in [-0.4, -0.2) is 112 Å². The van der Waals surface area contributed by atoms with Crippen molar-refractivity contribution in [2.75, 3.05) is 67.5 Å². The minimum absolute atomic E-state index is 0.0126. The van der Waals surface area contributed by atoms with E-state index < -0.39 is 35.3 Å². The molecule has 6 aliphatic rings. The van der Waals surface area contributed by atoms with E-state index in [1.807, 2.05) is 46.9 Å². The number of piperidine rings is 2. The number of amides is 5. The van der Waals surface area contributed by atoms with Crippen molar-refractivity contribution < 1.29 is 37.5 Å². The lowest BCUT2D eigenvalue weighted by Gasteiger charge is -2.54. The second-order valence-corrected chi connectivity index (χ2v) is 18.9. The van der Waals surface area contributed by atoms with Crippen molar-refractivity contribution in [3.63, 3.8) is 0 Å². The molecule has 2 aromatic heterocycles. The predicted molar refractivity (Wildman–Crippen MR) is 240 cm³/mol. The molecule has 4 saturated heterocycles. The van der Waals surface area contributed by atoms with Crippen molar-refractivity contribution in [3.8, 4) is 17.1 Å². The summed E-state index contributed by atoms with van der Waals surface area (Å²) in [5.41, 5.74) is 4.28. The maximum absolute atomic E-state index is 15.3. The Bertz CT molecular complexity index is 2680. The second kappa shape index (κ2) is 16.9. The molecule has 0 radical (unpaired) electrons. The van der Waals surface area contributed by atoms with Gasteiger partial charge in [0.05, 0.1) is 47.3 Å². The maximum atomic E-state index is 15.3. The molecular weight excluding hydrogens is 851 g/mol. The van der Waals surface area contributed by atoms with Crippen LogP contribution >= 0.6 is 0 Å². The van der Waals surface area contributed by atoms with E-state index in [0.717, 1.165) is 37.1 Å². The Morgan fingerprint density at radius 3 is 2.44 bits per heavy atom. The summed E-state index contributed by atoms with van der Waals surface area (Å²) in [6.07, 6.45) is 5.44. The number of ether oxygens (including phenoxy) is 1. The van der Waals surface area contributed by atoms with E-state index in [2.05, 4.69) is 32.6 Å². The Kier molecular flexibility index (Phi) is 11.1. The summed E-state index contributed by atoms with van der Waals surface area (Å²) in [5.74, 6) is -3.57. The number of hydrogen-bond acceptors (Lipinski definition) is 11. The monoisotopic (exact) mass is 902 g/mol. The Morgan fingerprint density at radius 2 is 1.68 bits per heavy atom. The van der Waals surface area contributed by atoms with Crippen LogP contribution in [0, 0.1) is 35.8 Å². The van der Waals surface area contributed by atoms with E-state index in [1.165, 1.54) is 12.1 Å². The van der Waals surface area contributed by atoms with E-state index in [4.69, 9.17) is 4.74 Å². The minimum atomic E-state index is -1.08. The van der Waals surface area contributed by atoms with Gasteiger partial charge >= 0.3 is 0 Å². The van der Waals surface area contributed by atoms with Crippen molar-refractivity contribution in [2.45, 2.75) is 64.7 Å². The molecule has 344 valence electrons. The molecule has 4 fully saturated rings. The Morgan fingerprint density at radius 1 is 0.909 bits per heavy atom. The molecule has 10 rings (SSSR count). The molecule has 2 aromatic carbocycles. The van der Waals surface area contributed by atoms with Gasteiger partial charge < -0.3 is 29.7 Å². The molecule has 0 unspecified atom stereocenters. The fraction of sp³-hybridized carbons (Fsp3) is 0.458. The lowest BCUT2D eigenvalue weighted by atomic mass is 9.71. The van der Waals surface area contributed by atoms with Crippen LogP contribution in [0.4, 0.5) is 25.8 Å². The van der Waals surface area contributed by atoms with Gasteiger partial charge in [0.15, 0.2) is 0 Å². The van der Waals surface area contributed by atoms with E-state index in [9.17, 15) is 24.0 Å². The van der Waals surface area contributed by atoms with Gasteiger partial charge in [-0.25, -0.2) is 13.5 Å². The summed E-state index contributed by atoms with van der Waals surface area (Å²) >= 11 is 0. The number of carbonyl (C=O) groups excluding carboxylic acids is 5. The van der Waals surface area contributed by atoms with Crippen LogP contribution in [0.1, 0.15) is 89.8 Å². The summed E-state index contributed by atoms with van der Waals surface area (Å²) in [5, 5.41) is 9.90. The molecule has 1 spiro atoms. The Balaban J connectivity index is 0.771. The number of hydrogen-bond donors (Lipinski definition) is 2. The molecule has 66 heavy (non-hydrogen) atoms. The molecular formula is C48H52F2N10O6. The lowest BCUT2D eigenvalue weighted by Crippen LogP contribution is -2.63. The number of benzene rings is 2. The van der Waals surface area contributed by atoms with E-state index in [1.54, 1.807) is 27.9 Å². The number of pyridine rings is 1. The molecule has 2 bridgehead atoms. The average Bonchev–Trinajstić information content (AvgIpc) is 4.01. The fourth-order valence-electron chi connectivity index (χ4n) is 10.5. The number of guanidine groups is 1. The van der Waals surface area contributed by atoms with Crippen LogP contribution in [-0.2, 0) is 21.4 Å². The van der Waals surface area contributed by atoms with Gasteiger partial charge in [-0.05, 0) is 93.8 Å². The number of fused-ring (bicyclic) bond motifs is 7. The van der Waals surface area contributed by atoms with Gasteiger partial charge in [-0.2, -0.15) is 10.1 Å². The number of carbonyl (C=O) groups is 5. The summed E-state index contributed by atoms with van der Waals surface area (Å²) in [4.78, 5) is 82.4. The summed E-state index contributed by atoms with van der Waals surface area (Å²) < 4.78 is 38.5. The minimum Gasteiger partial charge on any atom is -0.477 e. The Hall–Kier alpha value is -6.72. The number of aliphatic imine (C=N–C) groups is 1. The highest BCUT2D eigenvalue weighted by Crippen LogP contribution is 2.43. The summed E-state index contributed by atoms with van der Waals surface area (Å²) in [6, 6.07) is 11.4. The summed E-state index contributed by atoms with van der Waals surface area (Å²) in [6.45, 7) is 8.10. The fourth-order valence-corrected chi connectivity index (χ4v) is 10.5. The number of nitrogens with zero attached hydrogens (tertiary/aromatic N) is 8. The largest absolute Gasteiger partial charge is 0.477 e. The van der Waals surface area contributed by atoms with Crippen molar-refractivity contribution >= 4 is 52.6 Å². The van der Waals surface area contributed by atoms with E-state index in [0.29, 0.717) is 104 Å². The van der Waals surface area contributed by atoms with Gasteiger partial charge in [0.2, 0.25) is 29.6 Å². The predicted octanol–water partition coefficient (Wildman–Crippen LogP) is 5.42. The van der Waals surface area contributed by atoms with Crippen LogP contribution in [0.3, 0.4) is 0 Å². The van der Waals surface area contributed by atoms with Crippen LogP contribution in [0.25, 0.3) is 11.3 Å². The molecule has 4 aromatic rings. The first kappa shape index (κ1) is 43.2. The highest BCUT2D eigenvalue weighted by molar-refractivity contribution is 6.19. The van der Waals surface area contributed by atoms with Crippen molar-refractivity contribution in [1.29, 1.82) is 0 Å². The van der Waals surface area contributed by atoms with Gasteiger partial charge in [0, 0.05) is 92.8 Å². The highest BCUT2D eigenvalue weighted by atomic mass is 19.1.